The number of hydrogen-bond acceptors (Lipinski definition) is 5. The topological polar surface area (TPSA) is 81.5 Å². The number of carbonyl (C=O) groups excluding carboxylic acids is 3. The summed E-state index contributed by atoms with van der Waals surface area (Å²) in [5, 5.41) is 0.308. The summed E-state index contributed by atoms with van der Waals surface area (Å²) in [4.78, 5) is 45.8. The second-order valence-electron chi connectivity index (χ2n) is 8.21. The third-order valence-electron chi connectivity index (χ3n) is 6.09. The molecule has 0 aliphatic carbocycles. The molecule has 2 aromatic heterocycles. The molecular weight excluding hydrogens is 466 g/mol. The van der Waals surface area contributed by atoms with E-state index >= 15 is 0 Å². The number of aromatic nitrogens is 2. The summed E-state index contributed by atoms with van der Waals surface area (Å²) in [5.74, 6) is -1.10. The minimum absolute atomic E-state index is 0.169. The van der Waals surface area contributed by atoms with Crippen molar-refractivity contribution < 1.29 is 19.1 Å². The van der Waals surface area contributed by atoms with Crippen LogP contribution in [0.3, 0.4) is 0 Å². The maximum Gasteiger partial charge on any atom is 0.355 e. The van der Waals surface area contributed by atoms with Gasteiger partial charge in [0.1, 0.15) is 5.69 Å². The molecule has 3 rings (SSSR count). The zero-order valence-electron chi connectivity index (χ0n) is 20.7. The summed E-state index contributed by atoms with van der Waals surface area (Å²) in [6.07, 6.45) is 3.31. The molecule has 0 saturated heterocycles. The lowest BCUT2D eigenvalue weighted by atomic mass is 9.98. The molecule has 0 bridgehead atoms. The van der Waals surface area contributed by atoms with E-state index in [9.17, 15) is 14.4 Å². The van der Waals surface area contributed by atoms with E-state index in [1.165, 1.54) is 4.90 Å². The number of rotatable bonds is 9. The Morgan fingerprint density at radius 1 is 1.11 bits per heavy atom. The highest BCUT2D eigenvalue weighted by Gasteiger charge is 2.33. The van der Waals surface area contributed by atoms with E-state index < -0.39 is 12.0 Å². The zero-order valence-corrected chi connectivity index (χ0v) is 21.4. The Bertz CT molecular complexity index is 1240. The number of carbonyl (C=O) groups is 3. The van der Waals surface area contributed by atoms with Crippen LogP contribution >= 0.6 is 11.6 Å². The van der Waals surface area contributed by atoms with Crippen LogP contribution in [0.2, 0.25) is 5.02 Å². The van der Waals surface area contributed by atoms with E-state index in [0.717, 1.165) is 5.56 Å². The molecule has 35 heavy (non-hydrogen) atoms. The Balaban J connectivity index is 2.07. The molecule has 0 spiro atoms. The minimum atomic E-state index is -0.834. The van der Waals surface area contributed by atoms with Crippen molar-refractivity contribution in [1.82, 2.24) is 14.5 Å². The third kappa shape index (κ3) is 5.30. The number of ketones is 1. The van der Waals surface area contributed by atoms with E-state index in [1.807, 2.05) is 13.0 Å². The van der Waals surface area contributed by atoms with E-state index in [-0.39, 0.29) is 24.8 Å². The number of esters is 1. The van der Waals surface area contributed by atoms with Crippen LogP contribution < -0.4 is 0 Å². The molecule has 0 saturated carbocycles. The van der Waals surface area contributed by atoms with Gasteiger partial charge in [-0.05, 0) is 63.9 Å². The molecule has 1 atom stereocenters. The van der Waals surface area contributed by atoms with Crippen molar-refractivity contribution in [3.63, 3.8) is 0 Å². The summed E-state index contributed by atoms with van der Waals surface area (Å²) in [5.41, 5.74) is 3.08. The summed E-state index contributed by atoms with van der Waals surface area (Å²) < 4.78 is 7.02. The van der Waals surface area contributed by atoms with Crippen LogP contribution in [-0.2, 0) is 17.8 Å². The number of nitrogens with zero attached hydrogens (tertiary/aromatic N) is 3. The van der Waals surface area contributed by atoms with Crippen LogP contribution in [0.15, 0.2) is 48.8 Å². The van der Waals surface area contributed by atoms with Gasteiger partial charge in [0, 0.05) is 36.7 Å². The van der Waals surface area contributed by atoms with Gasteiger partial charge in [-0.1, -0.05) is 29.8 Å². The molecule has 0 radical (unpaired) electrons. The van der Waals surface area contributed by atoms with Gasteiger partial charge in [-0.3, -0.25) is 14.6 Å². The van der Waals surface area contributed by atoms with Crippen LogP contribution in [-0.4, -0.2) is 44.8 Å². The lowest BCUT2D eigenvalue weighted by molar-refractivity contribution is 0.0512. The number of pyridine rings is 1. The molecule has 3 aromatic rings. The van der Waals surface area contributed by atoms with Crippen LogP contribution in [0.4, 0.5) is 0 Å². The van der Waals surface area contributed by atoms with Gasteiger partial charge in [0.05, 0.1) is 23.2 Å². The largest absolute Gasteiger partial charge is 0.461 e. The van der Waals surface area contributed by atoms with Crippen molar-refractivity contribution in [2.45, 2.75) is 53.8 Å². The first-order chi connectivity index (χ1) is 16.7. The molecule has 7 nitrogen and oxygen atoms in total. The Morgan fingerprint density at radius 2 is 1.83 bits per heavy atom. The predicted octanol–water partition coefficient (Wildman–Crippen LogP) is 5.26. The van der Waals surface area contributed by atoms with E-state index in [2.05, 4.69) is 4.98 Å². The second kappa shape index (κ2) is 11.3. The van der Waals surface area contributed by atoms with Crippen molar-refractivity contribution in [1.29, 1.82) is 0 Å². The van der Waals surface area contributed by atoms with Gasteiger partial charge in [-0.15, -0.1) is 0 Å². The maximum absolute atomic E-state index is 13.9. The van der Waals surface area contributed by atoms with Gasteiger partial charge in [-0.25, -0.2) is 4.79 Å². The Morgan fingerprint density at radius 3 is 2.43 bits per heavy atom. The highest BCUT2D eigenvalue weighted by Crippen LogP contribution is 2.27. The smallest absolute Gasteiger partial charge is 0.355 e. The van der Waals surface area contributed by atoms with Crippen molar-refractivity contribution in [2.24, 2.45) is 0 Å². The molecule has 0 fully saturated rings. The van der Waals surface area contributed by atoms with Crippen LogP contribution in [0.5, 0.6) is 0 Å². The first-order valence-electron chi connectivity index (χ1n) is 11.6. The highest BCUT2D eigenvalue weighted by atomic mass is 35.5. The number of hydrogen-bond donors (Lipinski definition) is 0. The number of Topliss-reactive ketones (excluding diaryl/α,β-unsaturated/α-hetero) is 1. The monoisotopic (exact) mass is 495 g/mol. The fraction of sp³-hybridized carbons (Fsp3) is 0.333. The van der Waals surface area contributed by atoms with Crippen molar-refractivity contribution >= 4 is 29.3 Å². The molecule has 8 heteroatoms. The van der Waals surface area contributed by atoms with Gasteiger partial charge in [-0.2, -0.15) is 0 Å². The molecule has 2 heterocycles. The molecule has 0 aliphatic heterocycles. The third-order valence-corrected chi connectivity index (χ3v) is 6.42. The standard InChI is InChI=1S/C27H30ClN3O4/c1-6-30-18(4)23(17(3)24(30)27(34)35-7-2)25(32)19(5)31(16-20-11-10-14-29-15-20)26(33)21-12-8-9-13-22(21)28/h8-15,19H,6-7,16H2,1-5H3. The second-order valence-corrected chi connectivity index (χ2v) is 8.62. The van der Waals surface area contributed by atoms with Gasteiger partial charge in [0.25, 0.3) is 5.91 Å². The highest BCUT2D eigenvalue weighted by molar-refractivity contribution is 6.33. The van der Waals surface area contributed by atoms with Crippen LogP contribution in [0.1, 0.15) is 68.8 Å². The maximum atomic E-state index is 13.9. The molecular formula is C27H30ClN3O4. The molecule has 1 amide bonds. The number of amides is 1. The van der Waals surface area contributed by atoms with Crippen LogP contribution in [0.25, 0.3) is 0 Å². The fourth-order valence-corrected chi connectivity index (χ4v) is 4.55. The fourth-order valence-electron chi connectivity index (χ4n) is 4.33. The first-order valence-corrected chi connectivity index (χ1v) is 12.0. The van der Waals surface area contributed by atoms with Gasteiger partial charge < -0.3 is 14.2 Å². The van der Waals surface area contributed by atoms with E-state index in [4.69, 9.17) is 16.3 Å². The average Bonchev–Trinajstić information content (AvgIpc) is 3.11. The lowest BCUT2D eigenvalue weighted by Crippen LogP contribution is -2.43. The zero-order chi connectivity index (χ0) is 25.7. The SMILES string of the molecule is CCOC(=O)c1c(C)c(C(=O)C(C)N(Cc2cccnc2)C(=O)c2ccccc2Cl)c(C)n1CC. The normalized spacial score (nSPS) is 11.7. The molecule has 0 N–H and O–H groups in total. The quantitative estimate of drug-likeness (QED) is 0.298. The van der Waals surface area contributed by atoms with Crippen molar-refractivity contribution in [2.75, 3.05) is 6.61 Å². The summed E-state index contributed by atoms with van der Waals surface area (Å²) in [6.45, 7) is 9.79. The van der Waals surface area contributed by atoms with Crippen molar-refractivity contribution in [3.8, 4) is 0 Å². The first kappa shape index (κ1) is 26.2. The lowest BCUT2D eigenvalue weighted by Gasteiger charge is -2.29. The summed E-state index contributed by atoms with van der Waals surface area (Å²) in [7, 11) is 0. The van der Waals surface area contributed by atoms with Gasteiger partial charge in [0.15, 0.2) is 5.78 Å². The molecule has 1 aromatic carbocycles. The molecule has 1 unspecified atom stereocenters. The van der Waals surface area contributed by atoms with Crippen molar-refractivity contribution in [3.05, 3.63) is 87.5 Å². The van der Waals surface area contributed by atoms with E-state index in [0.29, 0.717) is 39.6 Å². The molecule has 184 valence electrons. The summed E-state index contributed by atoms with van der Waals surface area (Å²) >= 11 is 6.33. The number of benzene rings is 1. The summed E-state index contributed by atoms with van der Waals surface area (Å²) in [6, 6.07) is 9.55. The predicted molar refractivity (Wildman–Crippen MR) is 135 cm³/mol. The van der Waals surface area contributed by atoms with E-state index in [1.54, 1.807) is 75.0 Å². The van der Waals surface area contributed by atoms with Gasteiger partial charge in [0.2, 0.25) is 0 Å². The Labute approximate surface area is 210 Å². The van der Waals surface area contributed by atoms with Crippen LogP contribution in [0, 0.1) is 13.8 Å². The number of ether oxygens (including phenoxy) is 1. The molecule has 0 aliphatic rings. The Hall–Kier alpha value is -3.45. The Kier molecular flexibility index (Phi) is 8.46. The number of halogens is 1. The van der Waals surface area contributed by atoms with Gasteiger partial charge >= 0.3 is 5.97 Å². The average molecular weight is 496 g/mol. The minimum Gasteiger partial charge on any atom is -0.461 e.